The minimum absolute atomic E-state index is 0.181. The molecule has 1 unspecified atom stereocenters. The van der Waals surface area contributed by atoms with Gasteiger partial charge in [0.15, 0.2) is 0 Å². The third-order valence-corrected chi connectivity index (χ3v) is 4.45. The van der Waals surface area contributed by atoms with Crippen molar-refractivity contribution in [3.05, 3.63) is 59.4 Å². The molecule has 0 radical (unpaired) electrons. The second-order valence-corrected chi connectivity index (χ2v) is 7.22. The quantitative estimate of drug-likeness (QED) is 0.449. The number of nitrogens with one attached hydrogen (secondary N) is 2. The normalized spacial score (nSPS) is 19.3. The molecule has 2 aromatic rings. The lowest BCUT2D eigenvalue weighted by atomic mass is 9.82. The van der Waals surface area contributed by atoms with Gasteiger partial charge in [0.25, 0.3) is 0 Å². The predicted molar refractivity (Wildman–Crippen MR) is 96.7 cm³/mol. The van der Waals surface area contributed by atoms with Crippen LogP contribution in [0.4, 0.5) is 15.8 Å². The molecule has 0 aliphatic carbocycles. The Bertz CT molecular complexity index is 877. The summed E-state index contributed by atoms with van der Waals surface area (Å²) in [6.07, 6.45) is 0.0455. The molecule has 0 saturated carbocycles. The number of carbonyl (C=O) groups is 1. The largest absolute Gasteiger partial charge is 0.457 e. The van der Waals surface area contributed by atoms with Crippen LogP contribution in [0.5, 0.6) is 0 Å². The fourth-order valence-corrected chi connectivity index (χ4v) is 3.16. The molecule has 1 heterocycles. The van der Waals surface area contributed by atoms with E-state index in [0.29, 0.717) is 23.4 Å². The summed E-state index contributed by atoms with van der Waals surface area (Å²) in [5.74, 6) is -0.539. The van der Waals surface area contributed by atoms with Crippen LogP contribution >= 0.6 is 0 Å². The SMILES string of the molecule is Cc1cc(F)ccc1[NH+]=C(O)Nc1cccc(C2OC(=O)CC2(C)C)c1. The number of halogens is 1. The van der Waals surface area contributed by atoms with E-state index < -0.39 is 0 Å². The van der Waals surface area contributed by atoms with Gasteiger partial charge in [-0.05, 0) is 48.4 Å². The Morgan fingerprint density at radius 2 is 2.08 bits per heavy atom. The number of hydrogen-bond acceptors (Lipinski definition) is 2. The van der Waals surface area contributed by atoms with E-state index in [4.69, 9.17) is 4.74 Å². The lowest BCUT2D eigenvalue weighted by molar-refractivity contribution is -0.366. The number of carbonyl (C=O) groups excluding carboxylic acids is 1. The van der Waals surface area contributed by atoms with Gasteiger partial charge in [0, 0.05) is 5.41 Å². The van der Waals surface area contributed by atoms with Gasteiger partial charge in [0.1, 0.15) is 23.3 Å². The van der Waals surface area contributed by atoms with Crippen molar-refractivity contribution < 1.29 is 24.0 Å². The van der Waals surface area contributed by atoms with Crippen LogP contribution in [0.2, 0.25) is 0 Å². The molecule has 26 heavy (non-hydrogen) atoms. The minimum Gasteiger partial charge on any atom is -0.457 e. The Morgan fingerprint density at radius 3 is 2.73 bits per heavy atom. The number of aryl methyl sites for hydroxylation is 1. The van der Waals surface area contributed by atoms with Gasteiger partial charge in [0.2, 0.25) is 0 Å². The predicted octanol–water partition coefficient (Wildman–Crippen LogP) is 2.89. The average molecular weight is 357 g/mol. The number of esters is 1. The third kappa shape index (κ3) is 3.85. The molecule has 3 N–H and O–H groups in total. The molecule has 1 fully saturated rings. The van der Waals surface area contributed by atoms with E-state index in [1.165, 1.54) is 12.1 Å². The second kappa shape index (κ2) is 6.78. The maximum absolute atomic E-state index is 13.2. The first kappa shape index (κ1) is 17.9. The zero-order chi connectivity index (χ0) is 18.9. The molecule has 3 rings (SSSR count). The summed E-state index contributed by atoms with van der Waals surface area (Å²) in [7, 11) is 0. The Hall–Kier alpha value is -2.89. The van der Waals surface area contributed by atoms with Crippen LogP contribution in [0.1, 0.15) is 37.5 Å². The molecule has 1 aliphatic rings. The summed E-state index contributed by atoms with van der Waals surface area (Å²) in [5, 5.41) is 13.0. The van der Waals surface area contributed by atoms with Crippen molar-refractivity contribution in [3.63, 3.8) is 0 Å². The zero-order valence-electron chi connectivity index (χ0n) is 15.0. The van der Waals surface area contributed by atoms with Gasteiger partial charge >= 0.3 is 12.0 Å². The lowest BCUT2D eigenvalue weighted by Gasteiger charge is -2.24. The second-order valence-electron chi connectivity index (χ2n) is 7.22. The topological polar surface area (TPSA) is 72.5 Å². The highest BCUT2D eigenvalue weighted by atomic mass is 19.1. The maximum Gasteiger partial charge on any atom is 0.449 e. The molecule has 0 amide bonds. The number of aliphatic hydroxyl groups is 1. The van der Waals surface area contributed by atoms with Crippen LogP contribution in [0.3, 0.4) is 0 Å². The fourth-order valence-electron chi connectivity index (χ4n) is 3.16. The van der Waals surface area contributed by atoms with Crippen LogP contribution in [0.25, 0.3) is 0 Å². The van der Waals surface area contributed by atoms with Crippen LogP contribution in [0.15, 0.2) is 42.5 Å². The van der Waals surface area contributed by atoms with Gasteiger partial charge in [-0.2, -0.15) is 0 Å². The summed E-state index contributed by atoms with van der Waals surface area (Å²) in [5.41, 5.74) is 2.48. The van der Waals surface area contributed by atoms with E-state index in [1.807, 2.05) is 32.0 Å². The van der Waals surface area contributed by atoms with E-state index in [-0.39, 0.29) is 29.3 Å². The van der Waals surface area contributed by atoms with Crippen molar-refractivity contribution in [3.8, 4) is 0 Å². The van der Waals surface area contributed by atoms with E-state index in [1.54, 1.807) is 19.1 Å². The first-order valence-corrected chi connectivity index (χ1v) is 8.40. The Balaban J connectivity index is 1.80. The maximum atomic E-state index is 13.2. The molecule has 5 nitrogen and oxygen atoms in total. The van der Waals surface area contributed by atoms with E-state index in [2.05, 4.69) is 10.3 Å². The molecule has 0 spiro atoms. The standard InChI is InChI=1S/C20H21FN2O3/c1-12-9-14(21)7-8-16(12)23-19(25)22-15-6-4-5-13(10-15)18-20(2,3)11-17(24)26-18/h4-10,18H,11H2,1-3H3,(H2,22,23,25)/p+1. The van der Waals surface area contributed by atoms with Gasteiger partial charge in [-0.1, -0.05) is 26.0 Å². The summed E-state index contributed by atoms with van der Waals surface area (Å²) < 4.78 is 18.6. The molecule has 6 heteroatoms. The average Bonchev–Trinajstić information content (AvgIpc) is 2.83. The Labute approximate surface area is 151 Å². The van der Waals surface area contributed by atoms with Gasteiger partial charge in [0.05, 0.1) is 6.42 Å². The van der Waals surface area contributed by atoms with Crippen molar-refractivity contribution in [1.82, 2.24) is 0 Å². The number of anilines is 1. The number of rotatable bonds is 3. The first-order valence-electron chi connectivity index (χ1n) is 8.40. The van der Waals surface area contributed by atoms with Crippen LogP contribution in [0, 0.1) is 18.2 Å². The van der Waals surface area contributed by atoms with E-state index in [0.717, 1.165) is 5.56 Å². The van der Waals surface area contributed by atoms with Gasteiger partial charge in [-0.25, -0.2) is 14.7 Å². The Morgan fingerprint density at radius 1 is 1.31 bits per heavy atom. The first-order chi connectivity index (χ1) is 12.2. The van der Waals surface area contributed by atoms with Crippen molar-refractivity contribution in [2.24, 2.45) is 5.41 Å². The number of amidine groups is 1. The van der Waals surface area contributed by atoms with Gasteiger partial charge in [-0.3, -0.25) is 4.79 Å². The van der Waals surface area contributed by atoms with Crippen LogP contribution < -0.4 is 10.3 Å². The van der Waals surface area contributed by atoms with Crippen molar-refractivity contribution in [1.29, 1.82) is 0 Å². The van der Waals surface area contributed by atoms with E-state index >= 15 is 0 Å². The molecule has 2 aromatic carbocycles. The van der Waals surface area contributed by atoms with Crippen molar-refractivity contribution in [2.45, 2.75) is 33.3 Å². The molecule has 1 atom stereocenters. The fraction of sp³-hybridized carbons (Fsp3) is 0.300. The van der Waals surface area contributed by atoms with Gasteiger partial charge < -0.3 is 9.84 Å². The van der Waals surface area contributed by atoms with Crippen LogP contribution in [-0.2, 0) is 9.53 Å². The molecule has 0 aromatic heterocycles. The van der Waals surface area contributed by atoms with Crippen molar-refractivity contribution in [2.75, 3.05) is 5.32 Å². The zero-order valence-corrected chi connectivity index (χ0v) is 15.0. The number of cyclic esters (lactones) is 1. The monoisotopic (exact) mass is 357 g/mol. The number of ether oxygens (including phenoxy) is 1. The smallest absolute Gasteiger partial charge is 0.449 e. The molecule has 1 saturated heterocycles. The number of benzene rings is 2. The summed E-state index contributed by atoms with van der Waals surface area (Å²) in [6, 6.07) is 11.4. The van der Waals surface area contributed by atoms with Crippen LogP contribution in [-0.4, -0.2) is 17.1 Å². The lowest BCUT2D eigenvalue weighted by Crippen LogP contribution is -2.69. The minimum atomic E-state index is -0.332. The van der Waals surface area contributed by atoms with E-state index in [9.17, 15) is 14.3 Å². The Kier molecular flexibility index (Phi) is 4.68. The molecule has 0 bridgehead atoms. The molecule has 1 aliphatic heterocycles. The number of hydrogen-bond donors (Lipinski definition) is 3. The summed E-state index contributed by atoms with van der Waals surface area (Å²) in [6.45, 7) is 5.73. The highest BCUT2D eigenvalue weighted by Crippen LogP contribution is 2.45. The summed E-state index contributed by atoms with van der Waals surface area (Å²) in [4.78, 5) is 14.5. The highest BCUT2D eigenvalue weighted by molar-refractivity contribution is 5.83. The highest BCUT2D eigenvalue weighted by Gasteiger charge is 2.42. The molecular weight excluding hydrogens is 335 g/mol. The number of aliphatic hydroxyl groups excluding tert-OH is 1. The summed E-state index contributed by atoms with van der Waals surface area (Å²) >= 11 is 0. The molecule has 136 valence electrons. The third-order valence-electron chi connectivity index (χ3n) is 4.45. The molecular formula is C20H22FN2O3+. The van der Waals surface area contributed by atoms with Crippen molar-refractivity contribution >= 4 is 23.4 Å². The van der Waals surface area contributed by atoms with Gasteiger partial charge in [-0.15, -0.1) is 0 Å².